The Morgan fingerprint density at radius 1 is 1.44 bits per heavy atom. The fourth-order valence-electron chi connectivity index (χ4n) is 5.49. The number of fused-ring (bicyclic) bond motifs is 2. The second kappa shape index (κ2) is 7.14. The third kappa shape index (κ3) is 3.22. The summed E-state index contributed by atoms with van der Waals surface area (Å²) in [5.74, 6) is 0.420. The van der Waals surface area contributed by atoms with Crippen molar-refractivity contribution in [2.75, 3.05) is 33.4 Å². The summed E-state index contributed by atoms with van der Waals surface area (Å²) in [6.07, 6.45) is 6.29. The van der Waals surface area contributed by atoms with Crippen LogP contribution < -0.4 is 10.6 Å². The second-order valence-electron chi connectivity index (χ2n) is 8.44. The molecule has 0 aromatic carbocycles. The zero-order chi connectivity index (χ0) is 17.4. The van der Waals surface area contributed by atoms with Crippen molar-refractivity contribution in [3.8, 4) is 0 Å². The van der Waals surface area contributed by atoms with E-state index >= 15 is 0 Å². The first kappa shape index (κ1) is 17.7. The summed E-state index contributed by atoms with van der Waals surface area (Å²) >= 11 is 0. The zero-order valence-corrected chi connectivity index (χ0v) is 15.6. The van der Waals surface area contributed by atoms with Gasteiger partial charge in [0.05, 0.1) is 18.1 Å². The van der Waals surface area contributed by atoms with E-state index < -0.39 is 0 Å². The molecule has 3 heterocycles. The van der Waals surface area contributed by atoms with Crippen molar-refractivity contribution in [3.63, 3.8) is 0 Å². The number of carbonyl (C=O) groups excluding carboxylic acids is 1. The SMILES string of the molecule is CC[C@]1(C(=O)N2C[C@@H]3C[C@H]2CN3)CC[C@@H](NC2CCOC[C@H]2OC)C1. The molecule has 25 heavy (non-hydrogen) atoms. The topological polar surface area (TPSA) is 62.8 Å². The van der Waals surface area contributed by atoms with Crippen LogP contribution in [0.1, 0.15) is 45.4 Å². The lowest BCUT2D eigenvalue weighted by Crippen LogP contribution is -2.53. The lowest BCUT2D eigenvalue weighted by atomic mass is 9.81. The fraction of sp³-hybridized carbons (Fsp3) is 0.947. The number of carbonyl (C=O) groups is 1. The van der Waals surface area contributed by atoms with Crippen LogP contribution in [0.3, 0.4) is 0 Å². The normalized spacial score (nSPS) is 43.8. The molecule has 1 unspecified atom stereocenters. The van der Waals surface area contributed by atoms with E-state index in [4.69, 9.17) is 9.47 Å². The first-order valence-corrected chi connectivity index (χ1v) is 10.1. The Morgan fingerprint density at radius 3 is 3.00 bits per heavy atom. The van der Waals surface area contributed by atoms with Crippen molar-refractivity contribution in [3.05, 3.63) is 0 Å². The van der Waals surface area contributed by atoms with E-state index in [1.807, 2.05) is 0 Å². The molecule has 2 N–H and O–H groups in total. The summed E-state index contributed by atoms with van der Waals surface area (Å²) in [4.78, 5) is 15.6. The van der Waals surface area contributed by atoms with Crippen molar-refractivity contribution in [1.29, 1.82) is 0 Å². The molecule has 0 aromatic heterocycles. The Labute approximate surface area is 151 Å². The highest BCUT2D eigenvalue weighted by molar-refractivity contribution is 5.84. The molecule has 0 spiro atoms. The Kier molecular flexibility index (Phi) is 5.06. The monoisotopic (exact) mass is 351 g/mol. The standard InChI is InChI=1S/C19H33N3O3/c1-3-19(18(23)22-11-14-8-15(22)10-20-14)6-4-13(9-19)21-16-5-7-25-12-17(16)24-2/h13-17,20-21H,3-12H2,1-2H3/t13-,14+,15+,16?,17-,19+/m1/s1. The highest BCUT2D eigenvalue weighted by Gasteiger charge is 2.50. The lowest BCUT2D eigenvalue weighted by Gasteiger charge is -2.37. The van der Waals surface area contributed by atoms with Gasteiger partial charge in [0.15, 0.2) is 0 Å². The van der Waals surface area contributed by atoms with Crippen molar-refractivity contribution < 1.29 is 14.3 Å². The maximum atomic E-state index is 13.4. The van der Waals surface area contributed by atoms with Gasteiger partial charge in [0.1, 0.15) is 0 Å². The highest BCUT2D eigenvalue weighted by atomic mass is 16.5. The van der Waals surface area contributed by atoms with Gasteiger partial charge in [-0.1, -0.05) is 6.92 Å². The molecule has 1 aliphatic carbocycles. The summed E-state index contributed by atoms with van der Waals surface area (Å²) < 4.78 is 11.1. The average molecular weight is 351 g/mol. The minimum atomic E-state index is -0.157. The molecule has 0 radical (unpaired) electrons. The van der Waals surface area contributed by atoms with Crippen LogP contribution in [-0.4, -0.2) is 74.5 Å². The Balaban J connectivity index is 1.39. The maximum Gasteiger partial charge on any atom is 0.229 e. The van der Waals surface area contributed by atoms with Gasteiger partial charge in [-0.2, -0.15) is 0 Å². The van der Waals surface area contributed by atoms with Crippen LogP contribution in [-0.2, 0) is 14.3 Å². The number of rotatable bonds is 5. The van der Waals surface area contributed by atoms with Crippen molar-refractivity contribution in [2.24, 2.45) is 5.41 Å². The van der Waals surface area contributed by atoms with Gasteiger partial charge in [0, 0.05) is 51.0 Å². The molecular formula is C19H33N3O3. The Bertz CT molecular complexity index is 502. The largest absolute Gasteiger partial charge is 0.379 e. The number of ether oxygens (including phenoxy) is 2. The predicted octanol–water partition coefficient (Wildman–Crippen LogP) is 0.902. The molecule has 142 valence electrons. The van der Waals surface area contributed by atoms with Crippen LogP contribution in [0.25, 0.3) is 0 Å². The van der Waals surface area contributed by atoms with E-state index in [0.29, 0.717) is 36.7 Å². The van der Waals surface area contributed by atoms with Gasteiger partial charge in [-0.05, 0) is 38.5 Å². The molecule has 3 saturated heterocycles. The van der Waals surface area contributed by atoms with Crippen LogP contribution in [0.4, 0.5) is 0 Å². The fourth-order valence-corrected chi connectivity index (χ4v) is 5.49. The number of piperazine rings is 1. The summed E-state index contributed by atoms with van der Waals surface area (Å²) in [6, 6.07) is 1.73. The quantitative estimate of drug-likeness (QED) is 0.771. The molecule has 6 nitrogen and oxygen atoms in total. The molecule has 1 amide bonds. The number of nitrogens with zero attached hydrogens (tertiary/aromatic N) is 1. The molecular weight excluding hydrogens is 318 g/mol. The van der Waals surface area contributed by atoms with Crippen LogP contribution in [0, 0.1) is 5.41 Å². The summed E-state index contributed by atoms with van der Waals surface area (Å²) in [6.45, 7) is 5.55. The van der Waals surface area contributed by atoms with Gasteiger partial charge >= 0.3 is 0 Å². The van der Waals surface area contributed by atoms with Gasteiger partial charge in [-0.25, -0.2) is 0 Å². The number of likely N-dealkylation sites (tertiary alicyclic amines) is 1. The zero-order valence-electron chi connectivity index (χ0n) is 15.6. The molecule has 2 bridgehead atoms. The minimum absolute atomic E-state index is 0.126. The van der Waals surface area contributed by atoms with E-state index in [2.05, 4.69) is 22.5 Å². The average Bonchev–Trinajstić information content (AvgIpc) is 3.37. The smallest absolute Gasteiger partial charge is 0.229 e. The van der Waals surface area contributed by atoms with Crippen molar-refractivity contribution in [1.82, 2.24) is 15.5 Å². The summed E-state index contributed by atoms with van der Waals surface area (Å²) in [5.41, 5.74) is -0.157. The van der Waals surface area contributed by atoms with Gasteiger partial charge in [0.2, 0.25) is 5.91 Å². The predicted molar refractivity (Wildman–Crippen MR) is 95.4 cm³/mol. The van der Waals surface area contributed by atoms with Gasteiger partial charge in [-0.15, -0.1) is 0 Å². The molecule has 4 fully saturated rings. The summed E-state index contributed by atoms with van der Waals surface area (Å²) in [5, 5.41) is 7.30. The molecule has 6 atom stereocenters. The van der Waals surface area contributed by atoms with Crippen LogP contribution in [0.15, 0.2) is 0 Å². The van der Waals surface area contributed by atoms with Gasteiger partial charge in [0.25, 0.3) is 0 Å². The van der Waals surface area contributed by atoms with Gasteiger partial charge in [-0.3, -0.25) is 4.79 Å². The third-order valence-corrected chi connectivity index (χ3v) is 7.11. The first-order valence-electron chi connectivity index (χ1n) is 10.1. The molecule has 0 aromatic rings. The van der Waals surface area contributed by atoms with E-state index in [0.717, 1.165) is 58.2 Å². The number of nitrogens with one attached hydrogen (secondary N) is 2. The second-order valence-corrected chi connectivity index (χ2v) is 8.44. The number of hydrogen-bond acceptors (Lipinski definition) is 5. The number of amides is 1. The summed E-state index contributed by atoms with van der Waals surface area (Å²) in [7, 11) is 1.76. The molecule has 1 saturated carbocycles. The number of methoxy groups -OCH3 is 1. The number of hydrogen-bond donors (Lipinski definition) is 2. The third-order valence-electron chi connectivity index (χ3n) is 7.11. The van der Waals surface area contributed by atoms with Crippen molar-refractivity contribution in [2.45, 2.75) is 75.7 Å². The molecule has 4 rings (SSSR count). The van der Waals surface area contributed by atoms with Crippen molar-refractivity contribution >= 4 is 5.91 Å². The van der Waals surface area contributed by atoms with E-state index in [1.165, 1.54) is 0 Å². The maximum absolute atomic E-state index is 13.4. The van der Waals surface area contributed by atoms with E-state index in [-0.39, 0.29) is 11.5 Å². The first-order chi connectivity index (χ1) is 12.1. The van der Waals surface area contributed by atoms with E-state index in [9.17, 15) is 4.79 Å². The van der Waals surface area contributed by atoms with Crippen LogP contribution in [0.5, 0.6) is 0 Å². The van der Waals surface area contributed by atoms with Gasteiger partial charge < -0.3 is 25.0 Å². The molecule has 4 aliphatic rings. The Morgan fingerprint density at radius 2 is 2.32 bits per heavy atom. The molecule has 6 heteroatoms. The minimum Gasteiger partial charge on any atom is -0.379 e. The molecule has 3 aliphatic heterocycles. The van der Waals surface area contributed by atoms with Crippen LogP contribution in [0.2, 0.25) is 0 Å². The Hall–Kier alpha value is -0.690. The van der Waals surface area contributed by atoms with E-state index in [1.54, 1.807) is 7.11 Å². The highest BCUT2D eigenvalue weighted by Crippen LogP contribution is 2.44. The lowest BCUT2D eigenvalue weighted by molar-refractivity contribution is -0.143. The van der Waals surface area contributed by atoms with Crippen LogP contribution >= 0.6 is 0 Å².